The van der Waals surface area contributed by atoms with E-state index < -0.39 is 0 Å². The second kappa shape index (κ2) is 6.46. The van der Waals surface area contributed by atoms with E-state index in [-0.39, 0.29) is 26.5 Å². The maximum atomic E-state index is 6.35. The van der Waals surface area contributed by atoms with E-state index in [4.69, 9.17) is 4.42 Å². The number of fused-ring (bicyclic) bond motifs is 4. The monoisotopic (exact) mass is 513 g/mol. The summed E-state index contributed by atoms with van der Waals surface area (Å²) in [5.74, 6) is 1.35. The van der Waals surface area contributed by atoms with E-state index in [1.165, 1.54) is 44.2 Å². The minimum Gasteiger partial charge on any atom is -0.458 e. The van der Waals surface area contributed by atoms with E-state index >= 15 is 0 Å². The zero-order valence-corrected chi connectivity index (χ0v) is 19.3. The van der Waals surface area contributed by atoms with Crippen molar-refractivity contribution in [3.63, 3.8) is 0 Å². The predicted molar refractivity (Wildman–Crippen MR) is 108 cm³/mol. The number of benzene rings is 3. The smallest absolute Gasteiger partial charge is 0.134 e. The number of hydrogen-bond acceptors (Lipinski definition) is 1. The van der Waals surface area contributed by atoms with Crippen LogP contribution in [0.1, 0.15) is 51.3 Å². The molecule has 0 fully saturated rings. The molecule has 0 amide bonds. The summed E-state index contributed by atoms with van der Waals surface area (Å²) >= 11 is 0. The summed E-state index contributed by atoms with van der Waals surface area (Å²) in [7, 11) is 0. The van der Waals surface area contributed by atoms with Crippen molar-refractivity contribution in [1.82, 2.24) is 0 Å². The summed E-state index contributed by atoms with van der Waals surface area (Å²) in [6.07, 6.45) is 0. The first-order valence-corrected chi connectivity index (χ1v) is 8.97. The van der Waals surface area contributed by atoms with Crippen LogP contribution >= 0.6 is 0 Å². The van der Waals surface area contributed by atoms with Gasteiger partial charge in [-0.15, -0.1) is 5.56 Å². The molecule has 26 heavy (non-hydrogen) atoms. The first-order chi connectivity index (χ1) is 11.8. The van der Waals surface area contributed by atoms with Crippen molar-refractivity contribution in [3.05, 3.63) is 65.1 Å². The third kappa shape index (κ3) is 2.87. The van der Waals surface area contributed by atoms with Crippen molar-refractivity contribution in [1.29, 1.82) is 0 Å². The Kier molecular flexibility index (Phi) is 4.74. The molecule has 134 valence electrons. The fourth-order valence-corrected chi connectivity index (χ4v) is 4.12. The average Bonchev–Trinajstić information content (AvgIpc) is 2.89. The second-order valence-corrected chi connectivity index (χ2v) is 8.35. The maximum Gasteiger partial charge on any atom is 0.134 e. The molecule has 0 saturated carbocycles. The SMILES string of the molecule is Cc1c(C(C)(C)C)c([C-](C)C)cc2c1oc1cc3ccccc3cc12.[W]. The third-order valence-electron chi connectivity index (χ3n) is 5.16. The van der Waals surface area contributed by atoms with Gasteiger partial charge in [0.15, 0.2) is 0 Å². The van der Waals surface area contributed by atoms with E-state index in [1.807, 2.05) is 0 Å². The summed E-state index contributed by atoms with van der Waals surface area (Å²) in [5.41, 5.74) is 6.09. The van der Waals surface area contributed by atoms with Crippen LogP contribution in [-0.4, -0.2) is 0 Å². The van der Waals surface area contributed by atoms with E-state index in [9.17, 15) is 0 Å². The summed E-state index contributed by atoms with van der Waals surface area (Å²) < 4.78 is 6.35. The molecule has 1 heterocycles. The molecule has 0 bridgehead atoms. The summed E-state index contributed by atoms with van der Waals surface area (Å²) in [5, 5.41) is 4.91. The van der Waals surface area contributed by atoms with Crippen LogP contribution in [0.3, 0.4) is 0 Å². The molecule has 0 unspecified atom stereocenters. The van der Waals surface area contributed by atoms with Crippen molar-refractivity contribution in [2.75, 3.05) is 0 Å². The van der Waals surface area contributed by atoms with E-state index in [0.29, 0.717) is 0 Å². The molecule has 4 rings (SSSR count). The van der Waals surface area contributed by atoms with E-state index in [2.05, 4.69) is 84.0 Å². The van der Waals surface area contributed by atoms with Gasteiger partial charge in [0.25, 0.3) is 0 Å². The molecule has 1 nitrogen and oxygen atoms in total. The topological polar surface area (TPSA) is 13.1 Å². The van der Waals surface area contributed by atoms with Crippen molar-refractivity contribution >= 4 is 32.7 Å². The molecule has 0 aliphatic carbocycles. The molecule has 0 spiro atoms. The Hall–Kier alpha value is -1.72. The Bertz CT molecular complexity index is 1110. The van der Waals surface area contributed by atoms with Crippen molar-refractivity contribution in [3.8, 4) is 0 Å². The van der Waals surface area contributed by atoms with Gasteiger partial charge in [-0.25, -0.2) is 0 Å². The molecule has 1 aromatic heterocycles. The van der Waals surface area contributed by atoms with Gasteiger partial charge in [0.2, 0.25) is 0 Å². The van der Waals surface area contributed by atoms with Crippen molar-refractivity contribution < 1.29 is 25.5 Å². The molecular formula is C24H25OW-. The van der Waals surface area contributed by atoms with Crippen LogP contribution in [0.4, 0.5) is 0 Å². The number of aryl methyl sites for hydroxylation is 1. The first-order valence-electron chi connectivity index (χ1n) is 8.97. The Morgan fingerprint density at radius 2 is 1.50 bits per heavy atom. The van der Waals surface area contributed by atoms with Gasteiger partial charge < -0.3 is 4.42 Å². The molecule has 3 aromatic carbocycles. The third-order valence-corrected chi connectivity index (χ3v) is 5.16. The molecule has 0 saturated heterocycles. The predicted octanol–water partition coefficient (Wildman–Crippen LogP) is 7.31. The fraction of sp³-hybridized carbons (Fsp3) is 0.292. The molecule has 0 aliphatic rings. The first kappa shape index (κ1) is 19.1. The van der Waals surface area contributed by atoms with Gasteiger partial charge in [0, 0.05) is 26.5 Å². The van der Waals surface area contributed by atoms with Crippen molar-refractivity contribution in [2.45, 2.75) is 47.0 Å². The Balaban J connectivity index is 0.00000196. The zero-order chi connectivity index (χ0) is 17.9. The van der Waals surface area contributed by atoms with Crippen LogP contribution in [0.15, 0.2) is 46.9 Å². The van der Waals surface area contributed by atoms with Gasteiger partial charge in [0.1, 0.15) is 11.2 Å². The standard InChI is InChI=1S/C24H25O.W/c1-14(2)18-13-20-19-11-16-9-7-8-10-17(16)12-21(19)25-23(20)15(3)22(18)24(4,5)6;/h7-13H,1-6H3;/q-1;. The molecular weight excluding hydrogens is 488 g/mol. The van der Waals surface area contributed by atoms with Gasteiger partial charge >= 0.3 is 0 Å². The molecule has 4 aromatic rings. The molecule has 2 heteroatoms. The number of furan rings is 1. The normalized spacial score (nSPS) is 11.9. The van der Waals surface area contributed by atoms with Crippen LogP contribution < -0.4 is 0 Å². The van der Waals surface area contributed by atoms with Crippen LogP contribution in [0, 0.1) is 12.8 Å². The van der Waals surface area contributed by atoms with E-state index in [1.54, 1.807) is 0 Å². The van der Waals surface area contributed by atoms with Crippen molar-refractivity contribution in [2.24, 2.45) is 0 Å². The largest absolute Gasteiger partial charge is 0.458 e. The maximum absolute atomic E-state index is 6.35. The summed E-state index contributed by atoms with van der Waals surface area (Å²) in [6.45, 7) is 13.5. The molecule has 0 N–H and O–H groups in total. The van der Waals surface area contributed by atoms with Crippen LogP contribution in [0.2, 0.25) is 0 Å². The number of hydrogen-bond donors (Lipinski definition) is 0. The molecule has 0 radical (unpaired) electrons. The van der Waals surface area contributed by atoms with Gasteiger partial charge in [0.05, 0.1) is 0 Å². The van der Waals surface area contributed by atoms with Gasteiger partial charge in [-0.2, -0.15) is 17.5 Å². The van der Waals surface area contributed by atoms with Crippen LogP contribution in [0.5, 0.6) is 0 Å². The van der Waals surface area contributed by atoms with Crippen LogP contribution in [-0.2, 0) is 26.5 Å². The fourth-order valence-electron chi connectivity index (χ4n) is 4.12. The Morgan fingerprint density at radius 1 is 0.885 bits per heavy atom. The summed E-state index contributed by atoms with van der Waals surface area (Å²) in [4.78, 5) is 0. The molecule has 0 aliphatic heterocycles. The minimum atomic E-state index is 0. The van der Waals surface area contributed by atoms with E-state index in [0.717, 1.165) is 11.2 Å². The average molecular weight is 513 g/mol. The zero-order valence-electron chi connectivity index (χ0n) is 16.4. The summed E-state index contributed by atoms with van der Waals surface area (Å²) in [6, 6.07) is 15.2. The minimum absolute atomic E-state index is 0. The second-order valence-electron chi connectivity index (χ2n) is 8.35. The number of rotatable bonds is 1. The van der Waals surface area contributed by atoms with Gasteiger partial charge in [-0.1, -0.05) is 69.9 Å². The van der Waals surface area contributed by atoms with Crippen LogP contribution in [0.25, 0.3) is 32.7 Å². The Labute approximate surface area is 170 Å². The molecule has 0 atom stereocenters. The van der Waals surface area contributed by atoms with Gasteiger partial charge in [-0.05, 0) is 35.2 Å². The Morgan fingerprint density at radius 3 is 2.08 bits per heavy atom. The van der Waals surface area contributed by atoms with Gasteiger partial charge in [-0.3, -0.25) is 0 Å². The quantitative estimate of drug-likeness (QED) is 0.244.